The number of H-pyrrole nitrogens is 1. The molecule has 1 fully saturated rings. The van der Waals surface area contributed by atoms with Crippen molar-refractivity contribution in [1.29, 1.82) is 0 Å². The third kappa shape index (κ3) is 3.95. The molecule has 1 unspecified atom stereocenters. The van der Waals surface area contributed by atoms with Gasteiger partial charge in [-0.05, 0) is 24.3 Å². The number of thiophene rings is 1. The number of rotatable bonds is 4. The number of esters is 1. The predicted molar refractivity (Wildman–Crippen MR) is 113 cm³/mol. The summed E-state index contributed by atoms with van der Waals surface area (Å²) in [6.07, 6.45) is 1.88. The fourth-order valence-corrected chi connectivity index (χ4v) is 4.13. The molecular weight excluding hydrogens is 418 g/mol. The predicted octanol–water partition coefficient (Wildman–Crippen LogP) is 1.52. The van der Waals surface area contributed by atoms with E-state index in [0.29, 0.717) is 35.1 Å². The van der Waals surface area contributed by atoms with Gasteiger partial charge >= 0.3 is 11.7 Å². The van der Waals surface area contributed by atoms with Gasteiger partial charge < -0.3 is 14.6 Å². The number of aromatic nitrogens is 4. The molecule has 0 spiro atoms. The molecule has 29 heavy (non-hydrogen) atoms. The van der Waals surface area contributed by atoms with E-state index >= 15 is 0 Å². The van der Waals surface area contributed by atoms with Crippen molar-refractivity contribution >= 4 is 46.8 Å². The second-order valence-corrected chi connectivity index (χ2v) is 7.94. The van der Waals surface area contributed by atoms with Crippen molar-refractivity contribution in [3.63, 3.8) is 0 Å². The van der Waals surface area contributed by atoms with Crippen LogP contribution in [0.2, 0.25) is 0 Å². The smallest absolute Gasteiger partial charge is 0.348 e. The van der Waals surface area contributed by atoms with E-state index in [1.807, 2.05) is 16.3 Å². The van der Waals surface area contributed by atoms with Crippen molar-refractivity contribution < 1.29 is 9.53 Å². The van der Waals surface area contributed by atoms with Gasteiger partial charge in [0.2, 0.25) is 5.95 Å². The van der Waals surface area contributed by atoms with Crippen LogP contribution in [0, 0.1) is 5.92 Å². The van der Waals surface area contributed by atoms with Crippen molar-refractivity contribution in [2.75, 3.05) is 24.6 Å². The molecule has 1 aliphatic rings. The lowest BCUT2D eigenvalue weighted by Crippen LogP contribution is -2.38. The van der Waals surface area contributed by atoms with Crippen LogP contribution in [0.15, 0.2) is 27.1 Å². The van der Waals surface area contributed by atoms with Gasteiger partial charge in [0.25, 0.3) is 5.56 Å². The number of carbonyl (C=O) groups excluding carboxylic acids is 1. The topological polar surface area (TPSA) is 102 Å². The molecule has 0 radical (unpaired) electrons. The van der Waals surface area contributed by atoms with Gasteiger partial charge in [-0.1, -0.05) is 6.07 Å². The number of ether oxygens (including phenoxy) is 1. The Morgan fingerprint density at radius 1 is 1.34 bits per heavy atom. The monoisotopic (exact) mass is 439 g/mol. The fourth-order valence-electron chi connectivity index (χ4n) is 3.52. The lowest BCUT2D eigenvalue weighted by atomic mass is 9.99. The average molecular weight is 440 g/mol. The normalized spacial score (nSPS) is 16.6. The summed E-state index contributed by atoms with van der Waals surface area (Å²) < 4.78 is 7.88. The van der Waals surface area contributed by atoms with Crippen LogP contribution in [0.1, 0.15) is 22.5 Å². The summed E-state index contributed by atoms with van der Waals surface area (Å²) in [7, 11) is 3.04. The number of anilines is 1. The third-order valence-electron chi connectivity index (χ3n) is 5.07. The minimum Gasteiger partial charge on any atom is -0.461 e. The molecule has 3 aromatic rings. The van der Waals surface area contributed by atoms with E-state index in [9.17, 15) is 14.4 Å². The highest BCUT2D eigenvalue weighted by atomic mass is 35.5. The van der Waals surface area contributed by atoms with Crippen LogP contribution in [-0.2, 0) is 18.8 Å². The van der Waals surface area contributed by atoms with Crippen LogP contribution in [-0.4, -0.2) is 44.8 Å². The summed E-state index contributed by atoms with van der Waals surface area (Å²) >= 11 is 1.36. The van der Waals surface area contributed by atoms with Gasteiger partial charge in [-0.25, -0.2) is 9.59 Å². The van der Waals surface area contributed by atoms with Crippen molar-refractivity contribution in [2.24, 2.45) is 20.0 Å². The number of imidazole rings is 1. The van der Waals surface area contributed by atoms with Crippen LogP contribution in [0.5, 0.6) is 0 Å². The first-order valence-corrected chi connectivity index (χ1v) is 9.95. The number of aryl methyl sites for hydroxylation is 1. The standard InChI is InChI=1S/C18H21N5O4S.ClH/c1-21-14-13(15(24)22(2)18(21)26)19-17(20-14)23-7-3-5-11(9-23)10-27-16(25)12-6-4-8-28-12;/h4,6,8,11H,3,5,7,9-10H2,1-2H3,(H,19,20);1H. The van der Waals surface area contributed by atoms with Crippen LogP contribution < -0.4 is 16.1 Å². The number of halogens is 1. The van der Waals surface area contributed by atoms with Gasteiger partial charge in [-0.3, -0.25) is 13.9 Å². The minimum atomic E-state index is -0.410. The molecule has 0 saturated carbocycles. The van der Waals surface area contributed by atoms with Gasteiger partial charge in [-0.2, -0.15) is 4.98 Å². The lowest BCUT2D eigenvalue weighted by molar-refractivity contribution is 0.0433. The SMILES string of the molecule is Cl.Cn1c(=O)c2[nH]c(N3CCCC(COC(=O)c4cccs4)C3)nc2n(C)c1=O. The van der Waals surface area contributed by atoms with E-state index < -0.39 is 11.2 Å². The summed E-state index contributed by atoms with van der Waals surface area (Å²) in [5.74, 6) is 0.439. The molecule has 0 aromatic carbocycles. The molecule has 0 aliphatic carbocycles. The molecule has 0 bridgehead atoms. The molecule has 1 saturated heterocycles. The van der Waals surface area contributed by atoms with Crippen molar-refractivity contribution in [2.45, 2.75) is 12.8 Å². The molecule has 1 N–H and O–H groups in total. The first-order valence-electron chi connectivity index (χ1n) is 9.07. The summed E-state index contributed by atoms with van der Waals surface area (Å²) in [5, 5.41) is 1.85. The molecule has 9 nitrogen and oxygen atoms in total. The van der Waals surface area contributed by atoms with Crippen LogP contribution in [0.25, 0.3) is 11.2 Å². The van der Waals surface area contributed by atoms with E-state index in [1.54, 1.807) is 13.1 Å². The van der Waals surface area contributed by atoms with E-state index in [0.717, 1.165) is 24.0 Å². The first kappa shape index (κ1) is 21.1. The highest BCUT2D eigenvalue weighted by Gasteiger charge is 2.25. The summed E-state index contributed by atoms with van der Waals surface area (Å²) in [6, 6.07) is 3.57. The number of piperidine rings is 1. The zero-order chi connectivity index (χ0) is 19.8. The zero-order valence-electron chi connectivity index (χ0n) is 16.1. The Morgan fingerprint density at radius 3 is 2.86 bits per heavy atom. The van der Waals surface area contributed by atoms with Gasteiger partial charge in [0.1, 0.15) is 4.88 Å². The largest absolute Gasteiger partial charge is 0.461 e. The molecule has 11 heteroatoms. The molecule has 1 aliphatic heterocycles. The third-order valence-corrected chi connectivity index (χ3v) is 5.92. The summed E-state index contributed by atoms with van der Waals surface area (Å²) in [4.78, 5) is 46.7. The number of nitrogens with one attached hydrogen (secondary N) is 1. The van der Waals surface area contributed by atoms with Crippen molar-refractivity contribution in [3.8, 4) is 0 Å². The summed E-state index contributed by atoms with van der Waals surface area (Å²) in [5.41, 5.74) is -0.150. The molecule has 4 rings (SSSR count). The Kier molecular flexibility index (Phi) is 6.13. The number of fused-ring (bicyclic) bond motifs is 1. The van der Waals surface area contributed by atoms with Gasteiger partial charge in [0.05, 0.1) is 6.61 Å². The van der Waals surface area contributed by atoms with Crippen molar-refractivity contribution in [1.82, 2.24) is 19.1 Å². The minimum absolute atomic E-state index is 0. The fraction of sp³-hybridized carbons (Fsp3) is 0.444. The average Bonchev–Trinajstić information content (AvgIpc) is 3.39. The quantitative estimate of drug-likeness (QED) is 0.618. The first-order chi connectivity index (χ1) is 13.5. The van der Waals surface area contributed by atoms with Crippen LogP contribution in [0.3, 0.4) is 0 Å². The lowest BCUT2D eigenvalue weighted by Gasteiger charge is -2.32. The molecule has 3 aromatic heterocycles. The number of nitrogens with zero attached hydrogens (tertiary/aromatic N) is 4. The highest BCUT2D eigenvalue weighted by Crippen LogP contribution is 2.23. The second kappa shape index (κ2) is 8.42. The highest BCUT2D eigenvalue weighted by molar-refractivity contribution is 7.11. The maximum absolute atomic E-state index is 12.4. The van der Waals surface area contributed by atoms with E-state index in [-0.39, 0.29) is 24.3 Å². The molecule has 156 valence electrons. The van der Waals surface area contributed by atoms with E-state index in [1.165, 1.54) is 23.0 Å². The molecule has 0 amide bonds. The number of aromatic amines is 1. The van der Waals surface area contributed by atoms with Gasteiger partial charge in [0, 0.05) is 33.1 Å². The molecule has 4 heterocycles. The van der Waals surface area contributed by atoms with E-state index in [2.05, 4.69) is 9.97 Å². The number of hydrogen-bond acceptors (Lipinski definition) is 7. The Labute approximate surface area is 176 Å². The second-order valence-electron chi connectivity index (χ2n) is 6.99. The Hall–Kier alpha value is -2.59. The zero-order valence-corrected chi connectivity index (χ0v) is 17.7. The van der Waals surface area contributed by atoms with Crippen LogP contribution in [0.4, 0.5) is 5.95 Å². The van der Waals surface area contributed by atoms with E-state index in [4.69, 9.17) is 4.74 Å². The Balaban J connectivity index is 0.00000240. The van der Waals surface area contributed by atoms with Gasteiger partial charge in [0.15, 0.2) is 11.2 Å². The van der Waals surface area contributed by atoms with Gasteiger partial charge in [-0.15, -0.1) is 23.7 Å². The Bertz CT molecular complexity index is 1130. The molecular formula is C18H22ClN5O4S. The maximum Gasteiger partial charge on any atom is 0.348 e. The van der Waals surface area contributed by atoms with Crippen molar-refractivity contribution in [3.05, 3.63) is 43.2 Å². The molecule has 1 atom stereocenters. The summed E-state index contributed by atoms with van der Waals surface area (Å²) in [6.45, 7) is 1.78. The maximum atomic E-state index is 12.4. The Morgan fingerprint density at radius 2 is 2.14 bits per heavy atom. The number of hydrogen-bond donors (Lipinski definition) is 1. The number of carbonyl (C=O) groups is 1. The van der Waals surface area contributed by atoms with Crippen LogP contribution >= 0.6 is 23.7 Å².